The average molecular weight is 446 g/mol. The van der Waals surface area contributed by atoms with Gasteiger partial charge in [-0.2, -0.15) is 0 Å². The number of nitrogens with zero attached hydrogens (tertiary/aromatic N) is 4. The number of aromatic nitrogens is 2. The van der Waals surface area contributed by atoms with Crippen LogP contribution >= 0.6 is 11.3 Å². The lowest BCUT2D eigenvalue weighted by Gasteiger charge is -2.40. The van der Waals surface area contributed by atoms with Crippen LogP contribution in [0.1, 0.15) is 59.1 Å². The van der Waals surface area contributed by atoms with Crippen molar-refractivity contribution >= 4 is 23.2 Å². The Hall–Kier alpha value is -3.06. The molecule has 3 aromatic rings. The molecule has 1 aliphatic heterocycles. The van der Waals surface area contributed by atoms with E-state index in [1.165, 1.54) is 23.3 Å². The molecule has 1 amide bonds. The summed E-state index contributed by atoms with van der Waals surface area (Å²) in [6, 6.07) is 14.6. The molecule has 2 N–H and O–H groups in total. The predicted octanol–water partition coefficient (Wildman–Crippen LogP) is 4.49. The molecule has 0 bridgehead atoms. The van der Waals surface area contributed by atoms with Crippen LogP contribution in [0.3, 0.4) is 0 Å². The summed E-state index contributed by atoms with van der Waals surface area (Å²) in [6.45, 7) is 5.88. The Morgan fingerprint density at radius 3 is 2.41 bits per heavy atom. The smallest absolute Gasteiger partial charge is 0.239 e. The molecule has 2 aromatic heterocycles. The van der Waals surface area contributed by atoms with Gasteiger partial charge in [0.05, 0.1) is 16.5 Å². The van der Waals surface area contributed by atoms with Gasteiger partial charge in [-0.3, -0.25) is 9.69 Å². The topological polar surface area (TPSA) is 84.5 Å². The Labute approximate surface area is 192 Å². The van der Waals surface area contributed by atoms with Crippen LogP contribution in [-0.2, 0) is 10.3 Å². The molecule has 0 spiro atoms. The molecule has 5 rings (SSSR count). The van der Waals surface area contributed by atoms with E-state index in [1.54, 1.807) is 18.4 Å². The molecule has 2 atom stereocenters. The molecular weight excluding hydrogens is 418 g/mol. The van der Waals surface area contributed by atoms with Crippen molar-refractivity contribution in [3.05, 3.63) is 70.0 Å². The molecule has 0 unspecified atom stereocenters. The molecule has 32 heavy (non-hydrogen) atoms. The number of likely N-dealkylation sites (N-methyl/N-ethyl adjacent to an activating group) is 1. The van der Waals surface area contributed by atoms with Crippen LogP contribution in [0.4, 0.5) is 0 Å². The van der Waals surface area contributed by atoms with Crippen molar-refractivity contribution in [3.63, 3.8) is 0 Å². The lowest BCUT2D eigenvalue weighted by atomic mass is 9.77. The first-order chi connectivity index (χ1) is 15.3. The van der Waals surface area contributed by atoms with Gasteiger partial charge in [-0.1, -0.05) is 24.3 Å². The fraction of sp³-hybridized carbons (Fsp3) is 0.360. The molecule has 1 saturated carbocycles. The monoisotopic (exact) mass is 445 g/mol. The lowest BCUT2D eigenvalue weighted by molar-refractivity contribution is -0.130. The average Bonchev–Trinajstić information content (AvgIpc) is 3.47. The van der Waals surface area contributed by atoms with Crippen LogP contribution in [0.15, 0.2) is 47.5 Å². The SMILES string of the molecule is Cc1cc(-c2ccc([C@@]3(C)N=C(N)N(C)C(=O)[C@@H]3c3ccc(C4CC4)cc3)s2)nc(C)n1. The fourth-order valence-electron chi connectivity index (χ4n) is 4.56. The van der Waals surface area contributed by atoms with Gasteiger partial charge < -0.3 is 5.73 Å². The van der Waals surface area contributed by atoms with Crippen molar-refractivity contribution in [2.45, 2.75) is 51.0 Å². The predicted molar refractivity (Wildman–Crippen MR) is 128 cm³/mol. The van der Waals surface area contributed by atoms with E-state index in [4.69, 9.17) is 10.7 Å². The zero-order valence-electron chi connectivity index (χ0n) is 18.8. The summed E-state index contributed by atoms with van der Waals surface area (Å²) in [4.78, 5) is 30.8. The maximum absolute atomic E-state index is 13.5. The number of rotatable bonds is 4. The fourth-order valence-corrected chi connectivity index (χ4v) is 5.65. The minimum atomic E-state index is -0.797. The molecule has 3 heterocycles. The number of aliphatic imine (C=N–C) groups is 1. The van der Waals surface area contributed by atoms with Crippen LogP contribution in [0, 0.1) is 13.8 Å². The first kappa shape index (κ1) is 20.8. The largest absolute Gasteiger partial charge is 0.369 e. The number of guanidine groups is 1. The lowest BCUT2D eigenvalue weighted by Crippen LogP contribution is -2.52. The summed E-state index contributed by atoms with van der Waals surface area (Å²) < 4.78 is 0. The first-order valence-corrected chi connectivity index (χ1v) is 11.7. The van der Waals surface area contributed by atoms with Crippen molar-refractivity contribution in [1.82, 2.24) is 14.9 Å². The van der Waals surface area contributed by atoms with Gasteiger partial charge in [0.1, 0.15) is 11.4 Å². The minimum absolute atomic E-state index is 0.0390. The van der Waals surface area contributed by atoms with Gasteiger partial charge in [0.25, 0.3) is 0 Å². The quantitative estimate of drug-likeness (QED) is 0.641. The first-order valence-electron chi connectivity index (χ1n) is 10.9. The van der Waals surface area contributed by atoms with E-state index < -0.39 is 11.5 Å². The van der Waals surface area contributed by atoms with Crippen LogP contribution in [0.5, 0.6) is 0 Å². The van der Waals surface area contributed by atoms with Crippen LogP contribution < -0.4 is 5.73 Å². The zero-order chi connectivity index (χ0) is 22.6. The number of carbonyl (C=O) groups is 1. The highest BCUT2D eigenvalue weighted by molar-refractivity contribution is 7.15. The highest BCUT2D eigenvalue weighted by Gasteiger charge is 2.48. The van der Waals surface area contributed by atoms with Crippen molar-refractivity contribution in [2.75, 3.05) is 7.05 Å². The highest BCUT2D eigenvalue weighted by Crippen LogP contribution is 2.48. The number of benzene rings is 1. The number of hydrogen-bond acceptors (Lipinski definition) is 6. The van der Waals surface area contributed by atoms with Gasteiger partial charge in [-0.05, 0) is 68.9 Å². The third-order valence-electron chi connectivity index (χ3n) is 6.47. The molecule has 1 aromatic carbocycles. The molecule has 7 heteroatoms. The molecule has 0 saturated heterocycles. The van der Waals surface area contributed by atoms with Gasteiger partial charge in [-0.15, -0.1) is 11.3 Å². The summed E-state index contributed by atoms with van der Waals surface area (Å²) in [7, 11) is 1.69. The number of hydrogen-bond donors (Lipinski definition) is 1. The van der Waals surface area contributed by atoms with E-state index in [9.17, 15) is 4.79 Å². The van der Waals surface area contributed by atoms with Gasteiger partial charge in [0.2, 0.25) is 5.91 Å². The third-order valence-corrected chi connectivity index (χ3v) is 7.81. The van der Waals surface area contributed by atoms with E-state index in [-0.39, 0.29) is 11.9 Å². The number of thiophene rings is 1. The summed E-state index contributed by atoms with van der Waals surface area (Å²) in [5, 5.41) is 0. The molecule has 1 fully saturated rings. The van der Waals surface area contributed by atoms with Gasteiger partial charge >= 0.3 is 0 Å². The second kappa shape index (κ2) is 7.52. The minimum Gasteiger partial charge on any atom is -0.369 e. The molecular formula is C25H27N5OS. The molecule has 2 aliphatic rings. The molecule has 1 aliphatic carbocycles. The molecule has 164 valence electrons. The van der Waals surface area contributed by atoms with Crippen LogP contribution in [-0.4, -0.2) is 33.8 Å². The van der Waals surface area contributed by atoms with E-state index in [2.05, 4.69) is 34.2 Å². The van der Waals surface area contributed by atoms with E-state index >= 15 is 0 Å². The Kier molecular flexibility index (Phi) is 4.89. The number of aryl methyl sites for hydroxylation is 2. The second-order valence-electron chi connectivity index (χ2n) is 8.99. The molecule has 0 radical (unpaired) electrons. The summed E-state index contributed by atoms with van der Waals surface area (Å²) in [5.74, 6) is 1.17. The highest BCUT2D eigenvalue weighted by atomic mass is 32.1. The van der Waals surface area contributed by atoms with Crippen molar-refractivity contribution in [3.8, 4) is 10.6 Å². The van der Waals surface area contributed by atoms with E-state index in [0.29, 0.717) is 5.92 Å². The van der Waals surface area contributed by atoms with Crippen LogP contribution in [0.25, 0.3) is 10.6 Å². The van der Waals surface area contributed by atoms with Crippen molar-refractivity contribution < 1.29 is 4.79 Å². The van der Waals surface area contributed by atoms with Crippen molar-refractivity contribution in [1.29, 1.82) is 0 Å². The Morgan fingerprint density at radius 2 is 1.75 bits per heavy atom. The van der Waals surface area contributed by atoms with E-state index in [1.807, 2.05) is 39.0 Å². The Balaban J connectivity index is 1.59. The summed E-state index contributed by atoms with van der Waals surface area (Å²) in [5.41, 5.74) is 9.53. The molecule has 6 nitrogen and oxygen atoms in total. The Bertz CT molecular complexity index is 1210. The van der Waals surface area contributed by atoms with Gasteiger partial charge in [-0.25, -0.2) is 15.0 Å². The second-order valence-corrected chi connectivity index (χ2v) is 10.1. The number of carbonyl (C=O) groups excluding carboxylic acids is 1. The summed E-state index contributed by atoms with van der Waals surface area (Å²) in [6.07, 6.45) is 2.51. The third kappa shape index (κ3) is 3.50. The standard InChI is InChI=1S/C25H27N5OS/c1-14-13-19(28-15(2)27-14)20-11-12-21(32-20)25(3)22(23(31)30(4)24(26)29-25)18-9-7-17(8-10-18)16-5-6-16/h7-13,16,22H,5-6H2,1-4H3,(H2,26,29)/t22-,25+/m0/s1. The van der Waals surface area contributed by atoms with E-state index in [0.717, 1.165) is 32.5 Å². The Morgan fingerprint density at radius 1 is 1.06 bits per heavy atom. The van der Waals surface area contributed by atoms with Gasteiger partial charge in [0.15, 0.2) is 5.96 Å². The van der Waals surface area contributed by atoms with Gasteiger partial charge in [0, 0.05) is 17.6 Å². The number of amides is 1. The van der Waals surface area contributed by atoms with Crippen molar-refractivity contribution in [2.24, 2.45) is 10.7 Å². The summed E-state index contributed by atoms with van der Waals surface area (Å²) >= 11 is 1.61. The number of nitrogens with two attached hydrogens (primary N) is 1. The zero-order valence-corrected chi connectivity index (χ0v) is 19.6. The van der Waals surface area contributed by atoms with Crippen LogP contribution in [0.2, 0.25) is 0 Å². The maximum Gasteiger partial charge on any atom is 0.239 e. The maximum atomic E-state index is 13.5. The normalized spacial score (nSPS) is 23.4.